The summed E-state index contributed by atoms with van der Waals surface area (Å²) in [4.78, 5) is 11.3. The van der Waals surface area contributed by atoms with E-state index in [2.05, 4.69) is 17.3 Å². The normalized spacial score (nSPS) is 17.7. The van der Waals surface area contributed by atoms with Gasteiger partial charge in [-0.25, -0.2) is 5.01 Å². The second kappa shape index (κ2) is 6.53. The first-order valence-electron chi connectivity index (χ1n) is 4.76. The number of carbonyl (C=O) groups is 1. The molecule has 0 aromatic rings. The van der Waals surface area contributed by atoms with Crippen LogP contribution in [0.5, 0.6) is 0 Å². The average Bonchev–Trinajstić information content (AvgIpc) is 2.20. The lowest BCUT2D eigenvalue weighted by Crippen LogP contribution is -2.50. The van der Waals surface area contributed by atoms with Crippen molar-refractivity contribution in [3.8, 4) is 0 Å². The first kappa shape index (κ1) is 11.2. The van der Waals surface area contributed by atoms with Crippen molar-refractivity contribution in [2.75, 3.05) is 39.4 Å². The molecule has 0 bridgehead atoms. The molecule has 0 spiro atoms. The van der Waals surface area contributed by atoms with E-state index in [9.17, 15) is 4.79 Å². The van der Waals surface area contributed by atoms with Crippen molar-refractivity contribution in [1.29, 1.82) is 0 Å². The summed E-state index contributed by atoms with van der Waals surface area (Å²) >= 11 is 0. The Bertz CT molecular complexity index is 190. The van der Waals surface area contributed by atoms with Crippen molar-refractivity contribution in [2.24, 2.45) is 0 Å². The van der Waals surface area contributed by atoms with Crippen LogP contribution < -0.4 is 10.7 Å². The van der Waals surface area contributed by atoms with Crippen LogP contribution in [0, 0.1) is 0 Å². The fourth-order valence-corrected chi connectivity index (χ4v) is 1.18. The molecule has 1 aliphatic heterocycles. The van der Waals surface area contributed by atoms with E-state index in [1.807, 2.05) is 5.01 Å². The molecular weight excluding hydrogens is 182 g/mol. The summed E-state index contributed by atoms with van der Waals surface area (Å²) < 4.78 is 5.16. The van der Waals surface area contributed by atoms with Crippen molar-refractivity contribution >= 4 is 5.91 Å². The average molecular weight is 199 g/mol. The van der Waals surface area contributed by atoms with E-state index in [4.69, 9.17) is 4.74 Å². The number of carbonyl (C=O) groups excluding carboxylic acids is 1. The van der Waals surface area contributed by atoms with Gasteiger partial charge in [-0.05, 0) is 0 Å². The van der Waals surface area contributed by atoms with Crippen LogP contribution >= 0.6 is 0 Å². The van der Waals surface area contributed by atoms with Crippen LogP contribution in [0.2, 0.25) is 0 Å². The van der Waals surface area contributed by atoms with Crippen LogP contribution in [0.1, 0.15) is 0 Å². The fraction of sp³-hybridized carbons (Fsp3) is 0.667. The smallest absolute Gasteiger partial charge is 0.248 e. The van der Waals surface area contributed by atoms with Gasteiger partial charge in [0.2, 0.25) is 5.91 Å². The molecule has 0 saturated carbocycles. The number of rotatable bonds is 5. The van der Waals surface area contributed by atoms with Gasteiger partial charge in [0.15, 0.2) is 0 Å². The van der Waals surface area contributed by atoms with E-state index < -0.39 is 0 Å². The predicted octanol–water partition coefficient (Wildman–Crippen LogP) is -0.875. The minimum absolute atomic E-state index is 0.0197. The Kier molecular flexibility index (Phi) is 5.21. The number of nitrogens with one attached hydrogen (secondary N) is 2. The Morgan fingerprint density at radius 1 is 1.50 bits per heavy atom. The van der Waals surface area contributed by atoms with Gasteiger partial charge in [0.25, 0.3) is 0 Å². The highest BCUT2D eigenvalue weighted by Crippen LogP contribution is 1.91. The molecule has 1 fully saturated rings. The van der Waals surface area contributed by atoms with Gasteiger partial charge in [-0.3, -0.25) is 10.2 Å². The molecule has 1 saturated heterocycles. The van der Waals surface area contributed by atoms with Crippen molar-refractivity contribution in [2.45, 2.75) is 0 Å². The molecule has 14 heavy (non-hydrogen) atoms. The highest BCUT2D eigenvalue weighted by molar-refractivity contribution is 5.77. The molecule has 0 atom stereocenters. The zero-order valence-corrected chi connectivity index (χ0v) is 8.29. The van der Waals surface area contributed by atoms with Crippen LogP contribution in [0.25, 0.3) is 0 Å². The van der Waals surface area contributed by atoms with Gasteiger partial charge in [0.05, 0.1) is 19.8 Å². The number of nitrogens with zero attached hydrogens (tertiary/aromatic N) is 1. The molecule has 0 radical (unpaired) electrons. The molecule has 1 heterocycles. The highest BCUT2D eigenvalue weighted by Gasteiger charge is 2.11. The molecule has 0 aliphatic carbocycles. The Morgan fingerprint density at radius 2 is 2.21 bits per heavy atom. The van der Waals surface area contributed by atoms with Crippen LogP contribution in [0.4, 0.5) is 0 Å². The molecule has 0 aromatic carbocycles. The van der Waals surface area contributed by atoms with Gasteiger partial charge < -0.3 is 10.1 Å². The summed E-state index contributed by atoms with van der Waals surface area (Å²) in [5.41, 5.74) is 2.80. The van der Waals surface area contributed by atoms with Crippen molar-refractivity contribution in [3.05, 3.63) is 12.7 Å². The standard InChI is InChI=1S/C9H17N3O2/c1-2-3-10-8-9(13)11-12-4-6-14-7-5-12/h2,10H,1,3-8H2,(H,11,13). The quantitative estimate of drug-likeness (QED) is 0.446. The summed E-state index contributed by atoms with van der Waals surface area (Å²) in [7, 11) is 0. The maximum atomic E-state index is 11.3. The minimum atomic E-state index is -0.0197. The summed E-state index contributed by atoms with van der Waals surface area (Å²) in [5.74, 6) is -0.0197. The van der Waals surface area contributed by atoms with E-state index >= 15 is 0 Å². The zero-order chi connectivity index (χ0) is 10.2. The van der Waals surface area contributed by atoms with Gasteiger partial charge in [0, 0.05) is 19.6 Å². The van der Waals surface area contributed by atoms with E-state index in [0.717, 1.165) is 13.1 Å². The second-order valence-corrected chi connectivity index (χ2v) is 3.05. The Morgan fingerprint density at radius 3 is 2.86 bits per heavy atom. The first-order chi connectivity index (χ1) is 6.83. The monoisotopic (exact) mass is 199 g/mol. The van der Waals surface area contributed by atoms with Crippen LogP contribution in [-0.4, -0.2) is 50.3 Å². The Labute approximate surface area is 84.1 Å². The van der Waals surface area contributed by atoms with Crippen LogP contribution in [0.15, 0.2) is 12.7 Å². The molecule has 1 rings (SSSR count). The molecule has 80 valence electrons. The molecule has 1 amide bonds. The lowest BCUT2D eigenvalue weighted by molar-refractivity contribution is -0.127. The van der Waals surface area contributed by atoms with Gasteiger partial charge >= 0.3 is 0 Å². The van der Waals surface area contributed by atoms with Crippen molar-refractivity contribution in [1.82, 2.24) is 15.8 Å². The number of hydrazine groups is 1. The van der Waals surface area contributed by atoms with Crippen LogP contribution in [0.3, 0.4) is 0 Å². The zero-order valence-electron chi connectivity index (χ0n) is 8.29. The lowest BCUT2D eigenvalue weighted by atomic mass is 10.5. The third-order valence-electron chi connectivity index (χ3n) is 1.87. The number of hydrogen-bond acceptors (Lipinski definition) is 4. The fourth-order valence-electron chi connectivity index (χ4n) is 1.18. The first-order valence-corrected chi connectivity index (χ1v) is 4.76. The maximum Gasteiger partial charge on any atom is 0.248 e. The maximum absolute atomic E-state index is 11.3. The summed E-state index contributed by atoms with van der Waals surface area (Å²) in [6, 6.07) is 0. The van der Waals surface area contributed by atoms with Crippen LogP contribution in [-0.2, 0) is 9.53 Å². The Balaban J connectivity index is 2.09. The van der Waals surface area contributed by atoms with E-state index in [1.165, 1.54) is 0 Å². The molecule has 5 nitrogen and oxygen atoms in total. The highest BCUT2D eigenvalue weighted by atomic mass is 16.5. The second-order valence-electron chi connectivity index (χ2n) is 3.05. The van der Waals surface area contributed by atoms with Gasteiger partial charge in [-0.2, -0.15) is 0 Å². The van der Waals surface area contributed by atoms with E-state index in [1.54, 1.807) is 6.08 Å². The third-order valence-corrected chi connectivity index (χ3v) is 1.87. The molecule has 1 aliphatic rings. The van der Waals surface area contributed by atoms with E-state index in [-0.39, 0.29) is 5.91 Å². The number of morpholine rings is 1. The van der Waals surface area contributed by atoms with E-state index in [0.29, 0.717) is 26.3 Å². The molecule has 5 heteroatoms. The van der Waals surface area contributed by atoms with Gasteiger partial charge in [-0.15, -0.1) is 6.58 Å². The molecule has 0 unspecified atom stereocenters. The summed E-state index contributed by atoms with van der Waals surface area (Å²) in [5, 5.41) is 4.81. The Hall–Kier alpha value is -0.910. The van der Waals surface area contributed by atoms with Gasteiger partial charge in [-0.1, -0.05) is 6.08 Å². The summed E-state index contributed by atoms with van der Waals surface area (Å²) in [6.45, 7) is 7.40. The van der Waals surface area contributed by atoms with Gasteiger partial charge in [0.1, 0.15) is 0 Å². The largest absolute Gasteiger partial charge is 0.379 e. The topological polar surface area (TPSA) is 53.6 Å². The lowest BCUT2D eigenvalue weighted by Gasteiger charge is -2.26. The summed E-state index contributed by atoms with van der Waals surface area (Å²) in [6.07, 6.45) is 1.72. The molecule has 0 aromatic heterocycles. The SMILES string of the molecule is C=CCNCC(=O)NN1CCOCC1. The number of amides is 1. The number of ether oxygens (including phenoxy) is 1. The third kappa shape index (κ3) is 4.36. The molecule has 2 N–H and O–H groups in total. The minimum Gasteiger partial charge on any atom is -0.379 e. The van der Waals surface area contributed by atoms with Crippen molar-refractivity contribution in [3.63, 3.8) is 0 Å². The molecular formula is C9H17N3O2. The van der Waals surface area contributed by atoms with Crippen molar-refractivity contribution < 1.29 is 9.53 Å². The predicted molar refractivity (Wildman–Crippen MR) is 53.6 cm³/mol. The number of hydrogen-bond donors (Lipinski definition) is 2.